The molecule has 0 fully saturated rings. The van der Waals surface area contributed by atoms with Crippen molar-refractivity contribution in [1.29, 1.82) is 0 Å². The van der Waals surface area contributed by atoms with Crippen LogP contribution in [0.3, 0.4) is 0 Å². The zero-order chi connectivity index (χ0) is 19.8. The first kappa shape index (κ1) is 20.0. The van der Waals surface area contributed by atoms with Gasteiger partial charge in [0.15, 0.2) is 5.01 Å². The van der Waals surface area contributed by atoms with Crippen molar-refractivity contribution < 1.29 is 13.7 Å². The lowest BCUT2D eigenvalue weighted by molar-refractivity contribution is 0.103. The van der Waals surface area contributed by atoms with E-state index in [1.807, 2.05) is 33.1 Å². The summed E-state index contributed by atoms with van der Waals surface area (Å²) in [6.07, 6.45) is 2.28. The van der Waals surface area contributed by atoms with Gasteiger partial charge in [-0.25, -0.2) is 9.37 Å². The second-order valence-corrected chi connectivity index (χ2v) is 10.1. The second kappa shape index (κ2) is 7.71. The number of halogens is 1. The highest BCUT2D eigenvalue weighted by molar-refractivity contribution is 7.90. The van der Waals surface area contributed by atoms with Gasteiger partial charge in [0.1, 0.15) is 10.6 Å². The van der Waals surface area contributed by atoms with Crippen molar-refractivity contribution in [2.75, 3.05) is 0 Å². The van der Waals surface area contributed by atoms with Gasteiger partial charge in [-0.05, 0) is 45.4 Å². The molecule has 3 rings (SSSR count). The number of benzene rings is 1. The van der Waals surface area contributed by atoms with Gasteiger partial charge in [-0.1, -0.05) is 6.92 Å². The summed E-state index contributed by atoms with van der Waals surface area (Å²) in [4.78, 5) is 20.3. The maximum Gasteiger partial charge on any atom is 0.223 e. The quantitative estimate of drug-likeness (QED) is 0.466. The molecule has 0 aliphatic carbocycles. The zero-order valence-electron chi connectivity index (χ0n) is 15.6. The van der Waals surface area contributed by atoms with Crippen LogP contribution in [-0.2, 0) is 11.4 Å². The Morgan fingerprint density at radius 3 is 2.85 bits per heavy atom. The Labute approximate surface area is 164 Å². The second-order valence-electron chi connectivity index (χ2n) is 7.26. The molecule has 0 saturated heterocycles. The molecular formula is C19H22FN3O2S2. The number of fused-ring (bicyclic) bond motifs is 1. The lowest BCUT2D eigenvalue weighted by Crippen LogP contribution is -2.41. The predicted octanol–water partition coefficient (Wildman–Crippen LogP) is 4.50. The van der Waals surface area contributed by atoms with Gasteiger partial charge in [0, 0.05) is 33.8 Å². The summed E-state index contributed by atoms with van der Waals surface area (Å²) < 4.78 is 28.4. The first-order valence-corrected chi connectivity index (χ1v) is 10.7. The number of hydrogen-bond donors (Lipinski definition) is 2. The number of ketones is 1. The van der Waals surface area contributed by atoms with Crippen LogP contribution in [0.1, 0.15) is 61.2 Å². The fourth-order valence-electron chi connectivity index (χ4n) is 2.61. The molecule has 1 aromatic carbocycles. The molecule has 3 aromatic rings. The minimum atomic E-state index is -1.23. The minimum Gasteiger partial charge on any atom is -0.598 e. The van der Waals surface area contributed by atoms with E-state index >= 15 is 0 Å². The lowest BCUT2D eigenvalue weighted by Gasteiger charge is -2.26. The van der Waals surface area contributed by atoms with Crippen molar-refractivity contribution >= 4 is 39.4 Å². The molecule has 5 nitrogen and oxygen atoms in total. The molecule has 27 heavy (non-hydrogen) atoms. The van der Waals surface area contributed by atoms with Crippen LogP contribution in [0.4, 0.5) is 4.39 Å². The van der Waals surface area contributed by atoms with Gasteiger partial charge >= 0.3 is 0 Å². The smallest absolute Gasteiger partial charge is 0.223 e. The highest BCUT2D eigenvalue weighted by Gasteiger charge is 2.30. The van der Waals surface area contributed by atoms with Crippen molar-refractivity contribution in [3.8, 4) is 0 Å². The highest BCUT2D eigenvalue weighted by Crippen LogP contribution is 2.27. The van der Waals surface area contributed by atoms with Gasteiger partial charge in [-0.3, -0.25) is 4.79 Å². The zero-order valence-corrected chi connectivity index (χ0v) is 17.3. The van der Waals surface area contributed by atoms with Gasteiger partial charge in [0.25, 0.3) is 0 Å². The Morgan fingerprint density at radius 2 is 2.19 bits per heavy atom. The Morgan fingerprint density at radius 1 is 1.44 bits per heavy atom. The summed E-state index contributed by atoms with van der Waals surface area (Å²) >= 11 is 0.0279. The molecule has 1 unspecified atom stereocenters. The lowest BCUT2D eigenvalue weighted by atomic mass is 10.1. The van der Waals surface area contributed by atoms with E-state index in [1.165, 1.54) is 23.5 Å². The van der Waals surface area contributed by atoms with Crippen LogP contribution < -0.4 is 4.72 Å². The summed E-state index contributed by atoms with van der Waals surface area (Å²) in [7, 11) is 0. The van der Waals surface area contributed by atoms with E-state index in [0.717, 1.165) is 0 Å². The molecule has 8 heteroatoms. The number of nitrogens with one attached hydrogen (secondary N) is 2. The topological polar surface area (TPSA) is 80.8 Å². The van der Waals surface area contributed by atoms with Crippen molar-refractivity contribution in [3.63, 3.8) is 0 Å². The summed E-state index contributed by atoms with van der Waals surface area (Å²) in [6.45, 7) is 7.68. The van der Waals surface area contributed by atoms with E-state index in [0.29, 0.717) is 33.6 Å². The average Bonchev–Trinajstić information content (AvgIpc) is 3.24. The van der Waals surface area contributed by atoms with Gasteiger partial charge in [-0.2, -0.15) is 0 Å². The first-order chi connectivity index (χ1) is 12.7. The van der Waals surface area contributed by atoms with Gasteiger partial charge in [0.05, 0.1) is 17.3 Å². The van der Waals surface area contributed by atoms with Crippen molar-refractivity contribution in [1.82, 2.24) is 14.7 Å². The summed E-state index contributed by atoms with van der Waals surface area (Å²) in [5.74, 6) is -0.570. The maximum atomic E-state index is 13.3. The minimum absolute atomic E-state index is 0.195. The molecule has 0 bridgehead atoms. The molecule has 0 radical (unpaired) electrons. The first-order valence-electron chi connectivity index (χ1n) is 8.65. The number of hydrogen-bond acceptors (Lipinski definition) is 5. The highest BCUT2D eigenvalue weighted by atomic mass is 32.2. The summed E-state index contributed by atoms with van der Waals surface area (Å²) in [5.41, 5.74) is 1.74. The molecule has 0 saturated carbocycles. The molecule has 2 heterocycles. The standard InChI is InChI=1S/C19H22FN3O2S2/c1-5-14(23-27(25)19(2,3)4)16-10-26-18(22-16)17(24)13-9-21-15-8-11(20)6-7-12(13)15/h6-10,14,21,23H,5H2,1-4H3/t14?,27-/m0/s1. The molecule has 144 valence electrons. The van der Waals surface area contributed by atoms with E-state index in [1.54, 1.807) is 12.3 Å². The molecular weight excluding hydrogens is 385 g/mol. The Balaban J connectivity index is 1.84. The van der Waals surface area contributed by atoms with Crippen LogP contribution in [0, 0.1) is 5.82 Å². The van der Waals surface area contributed by atoms with E-state index in [-0.39, 0.29) is 22.4 Å². The SMILES string of the molecule is CCC(N[S@@+]([O-])C(C)(C)C)c1csc(C(=O)c2c[nH]c3cc(F)ccc23)n1. The number of carbonyl (C=O) groups excluding carboxylic acids is 1. The molecule has 0 amide bonds. The number of rotatable bonds is 6. The molecule has 0 spiro atoms. The predicted molar refractivity (Wildman–Crippen MR) is 108 cm³/mol. The molecule has 2 atom stereocenters. The largest absolute Gasteiger partial charge is 0.598 e. The molecule has 0 aliphatic rings. The fourth-order valence-corrected chi connectivity index (χ4v) is 4.33. The van der Waals surface area contributed by atoms with E-state index in [2.05, 4.69) is 14.7 Å². The van der Waals surface area contributed by atoms with Crippen molar-refractivity contribution in [3.05, 3.63) is 51.9 Å². The number of aromatic nitrogens is 2. The van der Waals surface area contributed by atoms with Crippen LogP contribution in [-0.4, -0.2) is 25.1 Å². The maximum absolute atomic E-state index is 13.3. The average molecular weight is 408 g/mol. The van der Waals surface area contributed by atoms with Crippen LogP contribution in [0.5, 0.6) is 0 Å². The van der Waals surface area contributed by atoms with Crippen LogP contribution in [0.2, 0.25) is 0 Å². The van der Waals surface area contributed by atoms with Gasteiger partial charge in [0.2, 0.25) is 5.78 Å². The number of thiazole rings is 1. The summed E-state index contributed by atoms with van der Waals surface area (Å²) in [6, 6.07) is 4.09. The molecule has 2 N–H and O–H groups in total. The third-order valence-electron chi connectivity index (χ3n) is 4.18. The van der Waals surface area contributed by atoms with E-state index in [9.17, 15) is 13.7 Å². The molecule has 0 aliphatic heterocycles. The fraction of sp³-hybridized carbons (Fsp3) is 0.368. The number of carbonyl (C=O) groups is 1. The number of nitrogens with zero attached hydrogens (tertiary/aromatic N) is 1. The van der Waals surface area contributed by atoms with Crippen molar-refractivity contribution in [2.24, 2.45) is 0 Å². The van der Waals surface area contributed by atoms with E-state index < -0.39 is 11.4 Å². The molecule has 2 aromatic heterocycles. The number of aromatic amines is 1. The Hall–Kier alpha value is -1.74. The Kier molecular flexibility index (Phi) is 5.71. The third kappa shape index (κ3) is 4.24. The normalized spacial score (nSPS) is 14.4. The van der Waals surface area contributed by atoms with Gasteiger partial charge < -0.3 is 9.54 Å². The van der Waals surface area contributed by atoms with Crippen LogP contribution in [0.25, 0.3) is 10.9 Å². The van der Waals surface area contributed by atoms with Crippen molar-refractivity contribution in [2.45, 2.75) is 44.9 Å². The Bertz CT molecular complexity index is 961. The van der Waals surface area contributed by atoms with Crippen LogP contribution >= 0.6 is 11.3 Å². The van der Waals surface area contributed by atoms with E-state index in [4.69, 9.17) is 0 Å². The van der Waals surface area contributed by atoms with Crippen LogP contribution in [0.15, 0.2) is 29.8 Å². The number of H-pyrrole nitrogens is 1. The van der Waals surface area contributed by atoms with Gasteiger partial charge in [-0.15, -0.1) is 16.1 Å². The monoisotopic (exact) mass is 407 g/mol. The third-order valence-corrected chi connectivity index (χ3v) is 6.65. The summed E-state index contributed by atoms with van der Waals surface area (Å²) in [5, 5.41) is 2.84.